The van der Waals surface area contributed by atoms with Gasteiger partial charge in [-0.05, 0) is 37.3 Å². The van der Waals surface area contributed by atoms with E-state index in [1.165, 1.54) is 0 Å². The number of methoxy groups -OCH3 is 3. The number of rotatable bonds is 9. The van der Waals surface area contributed by atoms with Crippen molar-refractivity contribution in [3.8, 4) is 23.0 Å². The molecule has 140 valence electrons. The van der Waals surface area contributed by atoms with E-state index < -0.39 is 0 Å². The molecule has 7 heteroatoms. The standard InChI is InChI=1S/C19H22BrNO5/c1-5-25-16-7-6-13(8-17(16)22-2)11-21-26-12-14-9-18(23-3)19(24-4)10-15(14)20/h6-11H,5,12H2,1-4H3/b21-11+. The van der Waals surface area contributed by atoms with Gasteiger partial charge in [-0.25, -0.2) is 0 Å². The number of oxime groups is 1. The van der Waals surface area contributed by atoms with E-state index in [-0.39, 0.29) is 6.61 Å². The fourth-order valence-corrected chi connectivity index (χ4v) is 2.69. The van der Waals surface area contributed by atoms with Crippen molar-refractivity contribution in [1.29, 1.82) is 0 Å². The van der Waals surface area contributed by atoms with Crippen molar-refractivity contribution in [2.75, 3.05) is 27.9 Å². The van der Waals surface area contributed by atoms with Gasteiger partial charge in [0.25, 0.3) is 0 Å². The molecule has 0 aliphatic heterocycles. The zero-order chi connectivity index (χ0) is 18.9. The molecule has 0 bridgehead atoms. The molecule has 0 N–H and O–H groups in total. The van der Waals surface area contributed by atoms with Crippen LogP contribution in [0.25, 0.3) is 0 Å². The van der Waals surface area contributed by atoms with E-state index in [1.807, 2.05) is 37.3 Å². The molecule has 6 nitrogen and oxygen atoms in total. The first kappa shape index (κ1) is 19.9. The van der Waals surface area contributed by atoms with Gasteiger partial charge in [-0.15, -0.1) is 0 Å². The molecule has 2 rings (SSSR count). The van der Waals surface area contributed by atoms with Gasteiger partial charge in [-0.2, -0.15) is 0 Å². The maximum atomic E-state index is 5.49. The van der Waals surface area contributed by atoms with Crippen molar-refractivity contribution in [2.24, 2.45) is 5.16 Å². The Kier molecular flexibility index (Phi) is 7.59. The number of ether oxygens (including phenoxy) is 4. The predicted molar refractivity (Wildman–Crippen MR) is 104 cm³/mol. The quantitative estimate of drug-likeness (QED) is 0.441. The van der Waals surface area contributed by atoms with Crippen LogP contribution in [0.1, 0.15) is 18.1 Å². The second kappa shape index (κ2) is 9.91. The third-order valence-corrected chi connectivity index (χ3v) is 4.27. The third kappa shape index (κ3) is 5.05. The molecule has 2 aromatic rings. The van der Waals surface area contributed by atoms with Crippen LogP contribution in [0.5, 0.6) is 23.0 Å². The molecule has 26 heavy (non-hydrogen) atoms. The topological polar surface area (TPSA) is 58.5 Å². The van der Waals surface area contributed by atoms with E-state index in [1.54, 1.807) is 27.5 Å². The molecule has 0 radical (unpaired) electrons. The Hall–Kier alpha value is -2.41. The maximum absolute atomic E-state index is 5.49. The van der Waals surface area contributed by atoms with Crippen LogP contribution < -0.4 is 18.9 Å². The largest absolute Gasteiger partial charge is 0.493 e. The van der Waals surface area contributed by atoms with E-state index in [0.29, 0.717) is 29.6 Å². The highest BCUT2D eigenvalue weighted by Gasteiger charge is 2.10. The first-order chi connectivity index (χ1) is 12.6. The molecule has 0 aromatic heterocycles. The van der Waals surface area contributed by atoms with Crippen LogP contribution in [0.15, 0.2) is 40.0 Å². The zero-order valence-electron chi connectivity index (χ0n) is 15.2. The Morgan fingerprint density at radius 1 is 0.923 bits per heavy atom. The first-order valence-corrected chi connectivity index (χ1v) is 8.78. The van der Waals surface area contributed by atoms with Gasteiger partial charge in [-0.1, -0.05) is 21.1 Å². The molecule has 0 amide bonds. The molecule has 2 aromatic carbocycles. The van der Waals surface area contributed by atoms with E-state index in [0.717, 1.165) is 15.6 Å². The highest BCUT2D eigenvalue weighted by Crippen LogP contribution is 2.33. The lowest BCUT2D eigenvalue weighted by atomic mass is 10.2. The van der Waals surface area contributed by atoms with Crippen molar-refractivity contribution in [3.63, 3.8) is 0 Å². The molecule has 0 aliphatic rings. The Balaban J connectivity index is 2.03. The monoisotopic (exact) mass is 423 g/mol. The van der Waals surface area contributed by atoms with Crippen LogP contribution in [-0.2, 0) is 11.4 Å². The summed E-state index contributed by atoms with van der Waals surface area (Å²) in [6.45, 7) is 2.79. The molecular formula is C19H22BrNO5. The van der Waals surface area contributed by atoms with E-state index in [9.17, 15) is 0 Å². The van der Waals surface area contributed by atoms with Crippen LogP contribution in [0.3, 0.4) is 0 Å². The fraction of sp³-hybridized carbons (Fsp3) is 0.316. The highest BCUT2D eigenvalue weighted by molar-refractivity contribution is 9.10. The molecule has 0 saturated carbocycles. The van der Waals surface area contributed by atoms with Gasteiger partial charge in [0.2, 0.25) is 0 Å². The Morgan fingerprint density at radius 3 is 2.23 bits per heavy atom. The van der Waals surface area contributed by atoms with Crippen molar-refractivity contribution >= 4 is 22.1 Å². The van der Waals surface area contributed by atoms with Gasteiger partial charge < -0.3 is 23.8 Å². The summed E-state index contributed by atoms with van der Waals surface area (Å²) in [5.41, 5.74) is 1.74. The molecule has 0 spiro atoms. The number of nitrogens with zero attached hydrogens (tertiary/aromatic N) is 1. The minimum absolute atomic E-state index is 0.283. The summed E-state index contributed by atoms with van der Waals surface area (Å²) in [4.78, 5) is 5.40. The van der Waals surface area contributed by atoms with Crippen LogP contribution in [-0.4, -0.2) is 34.2 Å². The lowest BCUT2D eigenvalue weighted by molar-refractivity contribution is 0.131. The number of hydrogen-bond acceptors (Lipinski definition) is 6. The zero-order valence-corrected chi connectivity index (χ0v) is 16.8. The van der Waals surface area contributed by atoms with Crippen LogP contribution >= 0.6 is 15.9 Å². The van der Waals surface area contributed by atoms with Gasteiger partial charge in [0, 0.05) is 15.6 Å². The molecule has 0 fully saturated rings. The summed E-state index contributed by atoms with van der Waals surface area (Å²) >= 11 is 3.49. The number of benzene rings is 2. The van der Waals surface area contributed by atoms with Gasteiger partial charge in [0.05, 0.1) is 34.2 Å². The smallest absolute Gasteiger partial charge is 0.161 e. The summed E-state index contributed by atoms with van der Waals surface area (Å²) in [5.74, 6) is 2.63. The summed E-state index contributed by atoms with van der Waals surface area (Å²) in [6.07, 6.45) is 1.62. The number of halogens is 1. The molecule has 0 heterocycles. The van der Waals surface area contributed by atoms with Crippen molar-refractivity contribution in [3.05, 3.63) is 45.9 Å². The van der Waals surface area contributed by atoms with Crippen LogP contribution in [0, 0.1) is 0 Å². The fourth-order valence-electron chi connectivity index (χ4n) is 2.25. The van der Waals surface area contributed by atoms with E-state index >= 15 is 0 Å². The molecule has 0 aliphatic carbocycles. The Bertz CT molecular complexity index is 764. The first-order valence-electron chi connectivity index (χ1n) is 7.99. The minimum Gasteiger partial charge on any atom is -0.493 e. The second-order valence-electron chi connectivity index (χ2n) is 5.15. The van der Waals surface area contributed by atoms with Gasteiger partial charge in [0.15, 0.2) is 23.0 Å². The van der Waals surface area contributed by atoms with Crippen LogP contribution in [0.2, 0.25) is 0 Å². The average Bonchev–Trinajstić information content (AvgIpc) is 2.66. The molecular weight excluding hydrogens is 402 g/mol. The van der Waals surface area contributed by atoms with E-state index in [4.69, 9.17) is 23.8 Å². The molecule has 0 unspecified atom stereocenters. The van der Waals surface area contributed by atoms with Crippen molar-refractivity contribution in [1.82, 2.24) is 0 Å². The second-order valence-corrected chi connectivity index (χ2v) is 6.00. The van der Waals surface area contributed by atoms with Crippen molar-refractivity contribution < 1.29 is 23.8 Å². The normalized spacial score (nSPS) is 10.7. The van der Waals surface area contributed by atoms with Crippen molar-refractivity contribution in [2.45, 2.75) is 13.5 Å². The molecule has 0 atom stereocenters. The lowest BCUT2D eigenvalue weighted by Gasteiger charge is -2.11. The highest BCUT2D eigenvalue weighted by atomic mass is 79.9. The van der Waals surface area contributed by atoms with Crippen LogP contribution in [0.4, 0.5) is 0 Å². The minimum atomic E-state index is 0.283. The van der Waals surface area contributed by atoms with Gasteiger partial charge in [0.1, 0.15) is 6.61 Å². The summed E-state index contributed by atoms with van der Waals surface area (Å²) in [7, 11) is 4.79. The predicted octanol–water partition coefficient (Wildman–Crippen LogP) is 4.42. The van der Waals surface area contributed by atoms with Gasteiger partial charge >= 0.3 is 0 Å². The summed E-state index contributed by atoms with van der Waals surface area (Å²) in [5, 5.41) is 4.01. The van der Waals surface area contributed by atoms with E-state index in [2.05, 4.69) is 21.1 Å². The Morgan fingerprint density at radius 2 is 1.58 bits per heavy atom. The lowest BCUT2D eigenvalue weighted by Crippen LogP contribution is -1.97. The number of hydrogen-bond donors (Lipinski definition) is 0. The Labute approximate surface area is 161 Å². The summed E-state index contributed by atoms with van der Waals surface area (Å²) in [6, 6.07) is 9.24. The third-order valence-electron chi connectivity index (χ3n) is 3.54. The SMILES string of the molecule is CCOc1ccc(/C=N/OCc2cc(OC)c(OC)cc2Br)cc1OC. The van der Waals surface area contributed by atoms with Gasteiger partial charge in [-0.3, -0.25) is 0 Å². The maximum Gasteiger partial charge on any atom is 0.161 e. The average molecular weight is 424 g/mol. The molecule has 0 saturated heterocycles. The summed E-state index contributed by atoms with van der Waals surface area (Å²) < 4.78 is 22.2.